The molecular weight excluding hydrogens is 196 g/mol. The number of ether oxygens (including phenoxy) is 3. The van der Waals surface area contributed by atoms with Crippen molar-refractivity contribution in [3.8, 4) is 0 Å². The number of epoxide rings is 3. The standard InChI is InChI=1S/C11H14O4/c12-7-6-8(14-6)9-3-1-2-4-11(9,15-9)10(7)5-13-10/h6-8,12H,1-5H2. The van der Waals surface area contributed by atoms with E-state index in [1.807, 2.05) is 0 Å². The van der Waals surface area contributed by atoms with Gasteiger partial charge in [0.1, 0.15) is 29.5 Å². The third-order valence-corrected chi connectivity index (χ3v) is 5.24. The minimum atomic E-state index is -0.462. The number of hydrogen-bond donors (Lipinski definition) is 1. The summed E-state index contributed by atoms with van der Waals surface area (Å²) in [6.45, 7) is 0.655. The second-order valence-corrected chi connectivity index (χ2v) is 5.67. The van der Waals surface area contributed by atoms with E-state index in [0.717, 1.165) is 12.8 Å². The highest BCUT2D eigenvalue weighted by Crippen LogP contribution is 2.76. The smallest absolute Gasteiger partial charge is 0.152 e. The number of aliphatic hydroxyl groups excluding tert-OH is 1. The van der Waals surface area contributed by atoms with Gasteiger partial charge < -0.3 is 19.3 Å². The van der Waals surface area contributed by atoms with Crippen LogP contribution in [0.2, 0.25) is 0 Å². The van der Waals surface area contributed by atoms with Crippen molar-refractivity contribution in [3.63, 3.8) is 0 Å². The lowest BCUT2D eigenvalue weighted by atomic mass is 9.64. The van der Waals surface area contributed by atoms with Crippen LogP contribution in [0.1, 0.15) is 25.7 Å². The monoisotopic (exact) mass is 210 g/mol. The van der Waals surface area contributed by atoms with Gasteiger partial charge in [-0.15, -0.1) is 0 Å². The second kappa shape index (κ2) is 1.88. The molecule has 6 atom stereocenters. The highest BCUT2D eigenvalue weighted by molar-refractivity contribution is 5.42. The van der Waals surface area contributed by atoms with Gasteiger partial charge in [0.25, 0.3) is 0 Å². The van der Waals surface area contributed by atoms with Crippen molar-refractivity contribution in [2.45, 2.75) is 60.8 Å². The van der Waals surface area contributed by atoms with Crippen LogP contribution in [0.3, 0.4) is 0 Å². The molecule has 0 amide bonds. The summed E-state index contributed by atoms with van der Waals surface area (Å²) in [6.07, 6.45) is 4.22. The summed E-state index contributed by atoms with van der Waals surface area (Å²) in [6, 6.07) is 0. The zero-order valence-electron chi connectivity index (χ0n) is 8.44. The van der Waals surface area contributed by atoms with Crippen LogP contribution >= 0.6 is 0 Å². The Kier molecular flexibility index (Phi) is 1.00. The first-order chi connectivity index (χ1) is 7.26. The van der Waals surface area contributed by atoms with E-state index in [9.17, 15) is 5.11 Å². The second-order valence-electron chi connectivity index (χ2n) is 5.67. The molecule has 1 N–H and O–H groups in total. The Morgan fingerprint density at radius 1 is 1.13 bits per heavy atom. The van der Waals surface area contributed by atoms with Crippen molar-refractivity contribution in [2.75, 3.05) is 6.61 Å². The van der Waals surface area contributed by atoms with E-state index in [1.165, 1.54) is 12.8 Å². The van der Waals surface area contributed by atoms with Crippen LogP contribution in [0.5, 0.6) is 0 Å². The van der Waals surface area contributed by atoms with E-state index in [0.29, 0.717) is 6.61 Å². The quantitative estimate of drug-likeness (QED) is 0.571. The fraction of sp³-hybridized carbons (Fsp3) is 1.00. The molecule has 0 aromatic carbocycles. The van der Waals surface area contributed by atoms with Gasteiger partial charge in [0.05, 0.1) is 6.61 Å². The van der Waals surface area contributed by atoms with Crippen molar-refractivity contribution in [3.05, 3.63) is 0 Å². The largest absolute Gasteiger partial charge is 0.387 e. The lowest BCUT2D eigenvalue weighted by Gasteiger charge is -2.34. The summed E-state index contributed by atoms with van der Waals surface area (Å²) in [5.41, 5.74) is -0.661. The Hall–Kier alpha value is -0.160. The van der Waals surface area contributed by atoms with Crippen LogP contribution in [0, 0.1) is 0 Å². The number of hydrogen-bond acceptors (Lipinski definition) is 4. The molecule has 5 rings (SSSR count). The van der Waals surface area contributed by atoms with E-state index in [1.54, 1.807) is 0 Å². The van der Waals surface area contributed by atoms with Crippen LogP contribution < -0.4 is 0 Å². The fourth-order valence-electron chi connectivity index (χ4n) is 4.37. The van der Waals surface area contributed by atoms with E-state index >= 15 is 0 Å². The highest BCUT2D eigenvalue weighted by atomic mass is 16.7. The molecule has 82 valence electrons. The molecule has 4 nitrogen and oxygen atoms in total. The highest BCUT2D eigenvalue weighted by Gasteiger charge is 2.95. The average molecular weight is 210 g/mol. The van der Waals surface area contributed by atoms with Crippen LogP contribution in [0.25, 0.3) is 0 Å². The molecule has 1 spiro atoms. The molecule has 15 heavy (non-hydrogen) atoms. The minimum Gasteiger partial charge on any atom is -0.387 e. The van der Waals surface area contributed by atoms with E-state index in [2.05, 4.69) is 0 Å². The van der Waals surface area contributed by atoms with Gasteiger partial charge in [-0.05, 0) is 12.8 Å². The number of fused-ring (bicyclic) bond motifs is 1. The van der Waals surface area contributed by atoms with Crippen LogP contribution in [0.15, 0.2) is 0 Å². The van der Waals surface area contributed by atoms with Gasteiger partial charge in [0.2, 0.25) is 0 Å². The summed E-state index contributed by atoms with van der Waals surface area (Å²) >= 11 is 0. The summed E-state index contributed by atoms with van der Waals surface area (Å²) in [4.78, 5) is 0. The molecule has 2 aliphatic carbocycles. The molecule has 3 aliphatic heterocycles. The lowest BCUT2D eigenvalue weighted by Crippen LogP contribution is -2.58. The third kappa shape index (κ3) is 0.580. The van der Waals surface area contributed by atoms with E-state index in [-0.39, 0.29) is 23.4 Å². The summed E-state index contributed by atoms with van der Waals surface area (Å²) < 4.78 is 17.3. The number of rotatable bonds is 0. The molecular formula is C11H14O4. The molecule has 6 unspecified atom stereocenters. The van der Waals surface area contributed by atoms with Crippen LogP contribution in [0.4, 0.5) is 0 Å². The normalized spacial score (nSPS) is 73.0. The third-order valence-electron chi connectivity index (χ3n) is 5.24. The molecule has 0 aromatic heterocycles. The Bertz CT molecular complexity index is 362. The zero-order valence-corrected chi connectivity index (χ0v) is 8.44. The van der Waals surface area contributed by atoms with Gasteiger partial charge in [-0.3, -0.25) is 0 Å². The molecule has 2 saturated carbocycles. The molecule has 0 aromatic rings. The lowest BCUT2D eigenvalue weighted by molar-refractivity contribution is -0.00130. The van der Waals surface area contributed by atoms with Crippen molar-refractivity contribution in [1.29, 1.82) is 0 Å². The summed E-state index contributed by atoms with van der Waals surface area (Å²) in [5, 5.41) is 10.2. The van der Waals surface area contributed by atoms with Crippen LogP contribution in [-0.2, 0) is 14.2 Å². The Morgan fingerprint density at radius 3 is 2.73 bits per heavy atom. The van der Waals surface area contributed by atoms with Gasteiger partial charge >= 0.3 is 0 Å². The van der Waals surface area contributed by atoms with Gasteiger partial charge in [-0.1, -0.05) is 12.8 Å². The molecule has 0 bridgehead atoms. The average Bonchev–Trinajstić information content (AvgIpc) is 3.13. The minimum absolute atomic E-state index is 0.0128. The topological polar surface area (TPSA) is 57.8 Å². The van der Waals surface area contributed by atoms with Gasteiger partial charge in [-0.2, -0.15) is 0 Å². The van der Waals surface area contributed by atoms with Crippen LogP contribution in [-0.4, -0.2) is 46.8 Å². The van der Waals surface area contributed by atoms with Crippen molar-refractivity contribution in [1.82, 2.24) is 0 Å². The fourth-order valence-corrected chi connectivity index (χ4v) is 4.37. The van der Waals surface area contributed by atoms with Gasteiger partial charge in [-0.25, -0.2) is 0 Å². The Balaban J connectivity index is 1.69. The predicted octanol–water partition coefficient (Wildman–Crippen LogP) is -0.0209. The molecule has 5 fully saturated rings. The maximum Gasteiger partial charge on any atom is 0.152 e. The maximum atomic E-state index is 10.2. The molecule has 3 heterocycles. The van der Waals surface area contributed by atoms with Crippen molar-refractivity contribution in [2.24, 2.45) is 0 Å². The Morgan fingerprint density at radius 2 is 1.93 bits per heavy atom. The molecule has 0 radical (unpaired) electrons. The van der Waals surface area contributed by atoms with Gasteiger partial charge in [0.15, 0.2) is 5.60 Å². The van der Waals surface area contributed by atoms with Crippen molar-refractivity contribution < 1.29 is 19.3 Å². The summed E-state index contributed by atoms with van der Waals surface area (Å²) in [7, 11) is 0. The first-order valence-electron chi connectivity index (χ1n) is 5.94. The molecule has 3 saturated heterocycles. The first kappa shape index (κ1) is 8.01. The summed E-state index contributed by atoms with van der Waals surface area (Å²) in [5.74, 6) is 0. The maximum absolute atomic E-state index is 10.2. The van der Waals surface area contributed by atoms with E-state index < -0.39 is 11.7 Å². The number of aliphatic hydroxyl groups is 1. The molecule has 4 heteroatoms. The zero-order chi connectivity index (χ0) is 9.89. The molecule has 5 aliphatic rings. The van der Waals surface area contributed by atoms with Crippen molar-refractivity contribution >= 4 is 0 Å². The van der Waals surface area contributed by atoms with Gasteiger partial charge in [0, 0.05) is 0 Å². The Labute approximate surface area is 87.5 Å². The predicted molar refractivity (Wildman–Crippen MR) is 48.4 cm³/mol. The SMILES string of the molecule is OC1C2OC2C23CCCCC2(O3)C12CO2. The first-order valence-corrected chi connectivity index (χ1v) is 5.94. The van der Waals surface area contributed by atoms with E-state index in [4.69, 9.17) is 14.2 Å².